The van der Waals surface area contributed by atoms with Gasteiger partial charge in [0.1, 0.15) is 5.82 Å². The summed E-state index contributed by atoms with van der Waals surface area (Å²) in [6.07, 6.45) is 0. The molecule has 3 nitrogen and oxygen atoms in total. The highest BCUT2D eigenvalue weighted by atomic mass is 79.9. The van der Waals surface area contributed by atoms with Crippen molar-refractivity contribution in [3.05, 3.63) is 63.4 Å². The first-order valence-corrected chi connectivity index (χ1v) is 6.78. The second-order valence-corrected chi connectivity index (χ2v) is 5.29. The molecule has 20 heavy (non-hydrogen) atoms. The van der Waals surface area contributed by atoms with Gasteiger partial charge in [-0.15, -0.1) is 0 Å². The minimum absolute atomic E-state index is 0.312. The van der Waals surface area contributed by atoms with Crippen LogP contribution >= 0.6 is 15.9 Å². The van der Waals surface area contributed by atoms with Crippen LogP contribution < -0.4 is 5.32 Å². The van der Waals surface area contributed by atoms with E-state index in [1.807, 2.05) is 25.1 Å². The average Bonchev–Trinajstić information content (AvgIpc) is 2.40. The van der Waals surface area contributed by atoms with Crippen LogP contribution in [-0.4, -0.2) is 11.1 Å². The Kier molecular flexibility index (Phi) is 4.39. The van der Waals surface area contributed by atoms with Crippen LogP contribution in [0.1, 0.15) is 21.5 Å². The van der Waals surface area contributed by atoms with Gasteiger partial charge in [-0.2, -0.15) is 0 Å². The number of halogens is 2. The van der Waals surface area contributed by atoms with E-state index >= 15 is 0 Å². The van der Waals surface area contributed by atoms with Gasteiger partial charge in [0.25, 0.3) is 0 Å². The van der Waals surface area contributed by atoms with Crippen molar-refractivity contribution in [3.63, 3.8) is 0 Å². The molecule has 0 radical (unpaired) electrons. The molecule has 0 saturated heterocycles. The van der Waals surface area contributed by atoms with E-state index in [0.717, 1.165) is 15.7 Å². The summed E-state index contributed by atoms with van der Waals surface area (Å²) in [7, 11) is 0. The summed E-state index contributed by atoms with van der Waals surface area (Å²) >= 11 is 3.42. The topological polar surface area (TPSA) is 49.3 Å². The molecule has 0 heterocycles. The van der Waals surface area contributed by atoms with E-state index in [-0.39, 0.29) is 5.56 Å². The van der Waals surface area contributed by atoms with Gasteiger partial charge in [0.2, 0.25) is 0 Å². The maximum atomic E-state index is 13.5. The molecule has 0 spiro atoms. The molecular weight excluding hydrogens is 325 g/mol. The number of carboxylic acid groups (broad SMARTS) is 1. The van der Waals surface area contributed by atoms with E-state index in [9.17, 15) is 9.18 Å². The Morgan fingerprint density at radius 1 is 1.30 bits per heavy atom. The molecular formula is C15H13BrFNO2. The smallest absolute Gasteiger partial charge is 0.338 e. The number of hydrogen-bond donors (Lipinski definition) is 2. The molecule has 2 rings (SSSR count). The quantitative estimate of drug-likeness (QED) is 0.878. The van der Waals surface area contributed by atoms with Crippen molar-refractivity contribution in [1.82, 2.24) is 0 Å². The predicted molar refractivity (Wildman–Crippen MR) is 79.6 cm³/mol. The van der Waals surface area contributed by atoms with E-state index in [0.29, 0.717) is 12.1 Å². The molecule has 5 heteroatoms. The van der Waals surface area contributed by atoms with Crippen LogP contribution in [-0.2, 0) is 6.54 Å². The van der Waals surface area contributed by atoms with Crippen LogP contribution in [0, 0.1) is 12.7 Å². The Bertz CT molecular complexity index is 658. The third kappa shape index (κ3) is 3.36. The number of benzene rings is 2. The first-order chi connectivity index (χ1) is 9.47. The Balaban J connectivity index is 2.09. The van der Waals surface area contributed by atoms with Gasteiger partial charge in [0, 0.05) is 16.7 Å². The molecule has 104 valence electrons. The van der Waals surface area contributed by atoms with Gasteiger partial charge in [-0.25, -0.2) is 9.18 Å². The van der Waals surface area contributed by atoms with E-state index in [4.69, 9.17) is 5.11 Å². The number of aromatic carboxylic acids is 1. The summed E-state index contributed by atoms with van der Waals surface area (Å²) in [6.45, 7) is 2.41. The van der Waals surface area contributed by atoms with Crippen LogP contribution in [0.4, 0.5) is 10.1 Å². The SMILES string of the molecule is Cc1cc(NCc2ccc(C(=O)O)c(F)c2)ccc1Br. The first kappa shape index (κ1) is 14.5. The zero-order valence-electron chi connectivity index (χ0n) is 10.8. The van der Waals surface area contributed by atoms with Gasteiger partial charge >= 0.3 is 5.97 Å². The minimum Gasteiger partial charge on any atom is -0.478 e. The van der Waals surface area contributed by atoms with Crippen molar-refractivity contribution in [2.24, 2.45) is 0 Å². The van der Waals surface area contributed by atoms with Crippen LogP contribution in [0.3, 0.4) is 0 Å². The van der Waals surface area contributed by atoms with E-state index < -0.39 is 11.8 Å². The molecule has 2 aromatic rings. The standard InChI is InChI=1S/C15H13BrFNO2/c1-9-6-11(3-5-13(9)16)18-8-10-2-4-12(15(19)20)14(17)7-10/h2-7,18H,8H2,1H3,(H,19,20). The third-order valence-electron chi connectivity index (χ3n) is 2.92. The van der Waals surface area contributed by atoms with Gasteiger partial charge in [0.05, 0.1) is 5.56 Å². The maximum Gasteiger partial charge on any atom is 0.338 e. The van der Waals surface area contributed by atoms with E-state index in [1.54, 1.807) is 6.07 Å². The van der Waals surface area contributed by atoms with Gasteiger partial charge < -0.3 is 10.4 Å². The van der Waals surface area contributed by atoms with Crippen molar-refractivity contribution in [1.29, 1.82) is 0 Å². The fraction of sp³-hybridized carbons (Fsp3) is 0.133. The van der Waals surface area contributed by atoms with E-state index in [2.05, 4.69) is 21.2 Å². The van der Waals surface area contributed by atoms with Crippen LogP contribution in [0.25, 0.3) is 0 Å². The lowest BCUT2D eigenvalue weighted by Crippen LogP contribution is -2.04. The molecule has 0 aliphatic rings. The summed E-state index contributed by atoms with van der Waals surface area (Å²) in [6, 6.07) is 9.95. The van der Waals surface area contributed by atoms with Crippen molar-refractivity contribution in [2.45, 2.75) is 13.5 Å². The van der Waals surface area contributed by atoms with Crippen LogP contribution in [0.2, 0.25) is 0 Å². The van der Waals surface area contributed by atoms with Gasteiger partial charge in [-0.05, 0) is 48.4 Å². The summed E-state index contributed by atoms with van der Waals surface area (Å²) < 4.78 is 14.6. The second kappa shape index (κ2) is 6.05. The highest BCUT2D eigenvalue weighted by molar-refractivity contribution is 9.10. The number of aryl methyl sites for hydroxylation is 1. The summed E-state index contributed by atoms with van der Waals surface area (Å²) in [5.41, 5.74) is 2.40. The number of hydrogen-bond acceptors (Lipinski definition) is 2. The number of carbonyl (C=O) groups is 1. The molecule has 0 atom stereocenters. The molecule has 0 amide bonds. The predicted octanol–water partition coefficient (Wildman–Crippen LogP) is 4.21. The largest absolute Gasteiger partial charge is 0.478 e. The number of carboxylic acids is 1. The third-order valence-corrected chi connectivity index (χ3v) is 3.81. The molecule has 0 aliphatic heterocycles. The van der Waals surface area contributed by atoms with Crippen molar-refractivity contribution < 1.29 is 14.3 Å². The Labute approximate surface area is 124 Å². The molecule has 2 aromatic carbocycles. The molecule has 0 aliphatic carbocycles. The number of rotatable bonds is 4. The molecule has 2 N–H and O–H groups in total. The van der Waals surface area contributed by atoms with Crippen molar-refractivity contribution in [2.75, 3.05) is 5.32 Å². The Hall–Kier alpha value is -1.88. The second-order valence-electron chi connectivity index (χ2n) is 4.44. The maximum absolute atomic E-state index is 13.5. The van der Waals surface area contributed by atoms with Crippen LogP contribution in [0.15, 0.2) is 40.9 Å². The normalized spacial score (nSPS) is 10.3. The Morgan fingerprint density at radius 3 is 2.65 bits per heavy atom. The monoisotopic (exact) mass is 337 g/mol. The number of nitrogens with one attached hydrogen (secondary N) is 1. The molecule has 0 saturated carbocycles. The van der Waals surface area contributed by atoms with Gasteiger partial charge in [0.15, 0.2) is 0 Å². The minimum atomic E-state index is -1.26. The zero-order chi connectivity index (χ0) is 14.7. The van der Waals surface area contributed by atoms with Crippen LogP contribution in [0.5, 0.6) is 0 Å². The lowest BCUT2D eigenvalue weighted by Gasteiger charge is -2.09. The fourth-order valence-electron chi connectivity index (χ4n) is 1.80. The van der Waals surface area contributed by atoms with Crippen molar-refractivity contribution >= 4 is 27.6 Å². The summed E-state index contributed by atoms with van der Waals surface area (Å²) in [5.74, 6) is -1.98. The fourth-order valence-corrected chi connectivity index (χ4v) is 2.05. The molecule has 0 fully saturated rings. The first-order valence-electron chi connectivity index (χ1n) is 5.99. The van der Waals surface area contributed by atoms with E-state index in [1.165, 1.54) is 12.1 Å². The molecule has 0 bridgehead atoms. The van der Waals surface area contributed by atoms with Gasteiger partial charge in [-0.1, -0.05) is 22.0 Å². The number of anilines is 1. The zero-order valence-corrected chi connectivity index (χ0v) is 12.4. The summed E-state index contributed by atoms with van der Waals surface area (Å²) in [5, 5.41) is 11.9. The highest BCUT2D eigenvalue weighted by Gasteiger charge is 2.10. The summed E-state index contributed by atoms with van der Waals surface area (Å²) in [4.78, 5) is 10.7. The molecule has 0 aromatic heterocycles. The lowest BCUT2D eigenvalue weighted by atomic mass is 10.1. The van der Waals surface area contributed by atoms with Crippen molar-refractivity contribution in [3.8, 4) is 0 Å². The average molecular weight is 338 g/mol. The highest BCUT2D eigenvalue weighted by Crippen LogP contribution is 2.20. The lowest BCUT2D eigenvalue weighted by molar-refractivity contribution is 0.0692. The van der Waals surface area contributed by atoms with Gasteiger partial charge in [-0.3, -0.25) is 0 Å². The molecule has 0 unspecified atom stereocenters. The Morgan fingerprint density at radius 2 is 2.05 bits per heavy atom.